The topological polar surface area (TPSA) is 68.0 Å². The quantitative estimate of drug-likeness (QED) is 0.858. The van der Waals surface area contributed by atoms with Crippen LogP contribution in [-0.2, 0) is 6.18 Å². The molecule has 1 aromatic carbocycles. The van der Waals surface area contributed by atoms with Crippen molar-refractivity contribution in [2.24, 2.45) is 0 Å². The van der Waals surface area contributed by atoms with E-state index < -0.39 is 17.6 Å². The maximum Gasteiger partial charge on any atom is 0.418 e. The van der Waals surface area contributed by atoms with Crippen LogP contribution in [0, 0.1) is 0 Å². The molecule has 2 aromatic rings. The summed E-state index contributed by atoms with van der Waals surface area (Å²) in [4.78, 5) is 15.7. The van der Waals surface area contributed by atoms with Gasteiger partial charge in [-0.05, 0) is 24.3 Å². The monoisotopic (exact) mass is 359 g/mol. The minimum Gasteiger partial charge on any atom is -0.397 e. The summed E-state index contributed by atoms with van der Waals surface area (Å²) in [5.74, 6) is -0.734. The van der Waals surface area contributed by atoms with Crippen LogP contribution in [0.5, 0.6) is 0 Å². The second-order valence-corrected chi connectivity index (χ2v) is 5.02. The molecule has 21 heavy (non-hydrogen) atoms. The van der Waals surface area contributed by atoms with Crippen molar-refractivity contribution in [3.8, 4) is 0 Å². The van der Waals surface area contributed by atoms with Gasteiger partial charge in [0.25, 0.3) is 5.91 Å². The van der Waals surface area contributed by atoms with Crippen molar-refractivity contribution in [1.29, 1.82) is 0 Å². The van der Waals surface area contributed by atoms with Crippen molar-refractivity contribution in [3.05, 3.63) is 52.3 Å². The van der Waals surface area contributed by atoms with Crippen molar-refractivity contribution < 1.29 is 18.0 Å². The number of alkyl halides is 3. The third-order valence-corrected chi connectivity index (χ3v) is 3.12. The lowest BCUT2D eigenvalue weighted by Gasteiger charge is -2.14. The number of aromatic nitrogens is 1. The molecule has 8 heteroatoms. The number of rotatable bonds is 2. The lowest BCUT2D eigenvalue weighted by Crippen LogP contribution is -2.18. The number of hydrogen-bond acceptors (Lipinski definition) is 3. The molecule has 2 rings (SSSR count). The Morgan fingerprint density at radius 2 is 2.00 bits per heavy atom. The van der Waals surface area contributed by atoms with Crippen LogP contribution in [0.2, 0.25) is 0 Å². The number of anilines is 2. The zero-order valence-corrected chi connectivity index (χ0v) is 12.0. The number of nitrogens with zero attached hydrogens (tertiary/aromatic N) is 1. The van der Waals surface area contributed by atoms with E-state index in [0.29, 0.717) is 0 Å². The van der Waals surface area contributed by atoms with E-state index >= 15 is 0 Å². The first kappa shape index (κ1) is 15.3. The molecule has 0 radical (unpaired) electrons. The van der Waals surface area contributed by atoms with E-state index in [1.54, 1.807) is 0 Å². The summed E-state index contributed by atoms with van der Waals surface area (Å²) in [7, 11) is 0. The van der Waals surface area contributed by atoms with Crippen molar-refractivity contribution in [2.75, 3.05) is 11.1 Å². The summed E-state index contributed by atoms with van der Waals surface area (Å²) < 4.78 is 39.1. The van der Waals surface area contributed by atoms with Crippen LogP contribution >= 0.6 is 15.9 Å². The second kappa shape index (κ2) is 5.72. The van der Waals surface area contributed by atoms with E-state index in [1.807, 2.05) is 0 Å². The molecule has 0 unspecified atom stereocenters. The van der Waals surface area contributed by atoms with Crippen LogP contribution in [0.1, 0.15) is 15.9 Å². The van der Waals surface area contributed by atoms with Gasteiger partial charge in [0.2, 0.25) is 0 Å². The molecule has 0 aliphatic rings. The second-order valence-electron chi connectivity index (χ2n) is 4.10. The van der Waals surface area contributed by atoms with Crippen LogP contribution in [0.15, 0.2) is 41.1 Å². The summed E-state index contributed by atoms with van der Waals surface area (Å²) in [6.45, 7) is 0. The Kier molecular flexibility index (Phi) is 4.17. The number of carbonyl (C=O) groups is 1. The molecule has 110 valence electrons. The highest BCUT2D eigenvalue weighted by molar-refractivity contribution is 9.10. The molecule has 1 amide bonds. The van der Waals surface area contributed by atoms with Gasteiger partial charge in [0.15, 0.2) is 0 Å². The van der Waals surface area contributed by atoms with Crippen LogP contribution in [0.4, 0.5) is 24.5 Å². The standard InChI is InChI=1S/C13H9BrF3N3O/c14-7-1-2-11(9(5-7)13(15,16)17)20-12(21)8-3-4-19-6-10(8)18/h1-6H,18H2,(H,20,21). The number of nitrogen functional groups attached to an aromatic ring is 1. The van der Waals surface area contributed by atoms with Gasteiger partial charge >= 0.3 is 6.18 Å². The first-order valence-electron chi connectivity index (χ1n) is 5.66. The number of nitrogens with two attached hydrogens (primary N) is 1. The van der Waals surface area contributed by atoms with Gasteiger partial charge in [0, 0.05) is 10.7 Å². The Labute approximate surface area is 126 Å². The molecule has 0 atom stereocenters. The van der Waals surface area contributed by atoms with E-state index in [2.05, 4.69) is 26.2 Å². The minimum atomic E-state index is -4.59. The van der Waals surface area contributed by atoms with Crippen molar-refractivity contribution in [3.63, 3.8) is 0 Å². The number of benzene rings is 1. The number of carbonyl (C=O) groups excluding carboxylic acids is 1. The van der Waals surface area contributed by atoms with Crippen LogP contribution in [0.25, 0.3) is 0 Å². The Morgan fingerprint density at radius 1 is 1.29 bits per heavy atom. The van der Waals surface area contributed by atoms with E-state index in [1.165, 1.54) is 30.6 Å². The van der Waals surface area contributed by atoms with Gasteiger partial charge in [-0.3, -0.25) is 9.78 Å². The van der Waals surface area contributed by atoms with E-state index in [9.17, 15) is 18.0 Å². The highest BCUT2D eigenvalue weighted by Crippen LogP contribution is 2.36. The molecule has 0 saturated carbocycles. The van der Waals surface area contributed by atoms with Crippen LogP contribution in [0.3, 0.4) is 0 Å². The summed E-state index contributed by atoms with van der Waals surface area (Å²) in [5, 5.41) is 2.21. The van der Waals surface area contributed by atoms with Crippen LogP contribution < -0.4 is 11.1 Å². The Hall–Kier alpha value is -2.09. The largest absolute Gasteiger partial charge is 0.418 e. The molecular weight excluding hydrogens is 351 g/mol. The number of amides is 1. The first-order valence-corrected chi connectivity index (χ1v) is 6.46. The number of halogens is 4. The van der Waals surface area contributed by atoms with Gasteiger partial charge in [-0.2, -0.15) is 13.2 Å². The van der Waals surface area contributed by atoms with E-state index in [0.717, 1.165) is 6.07 Å². The molecule has 0 aliphatic heterocycles. The maximum atomic E-state index is 13.0. The summed E-state index contributed by atoms with van der Waals surface area (Å²) >= 11 is 2.97. The number of pyridine rings is 1. The zero-order valence-electron chi connectivity index (χ0n) is 10.4. The molecule has 0 aliphatic carbocycles. The SMILES string of the molecule is Nc1cnccc1C(=O)Nc1ccc(Br)cc1C(F)(F)F. The molecule has 0 spiro atoms. The Balaban J connectivity index is 2.36. The van der Waals surface area contributed by atoms with Gasteiger partial charge in [-0.25, -0.2) is 0 Å². The summed E-state index contributed by atoms with van der Waals surface area (Å²) in [6, 6.07) is 4.80. The van der Waals surface area contributed by atoms with Gasteiger partial charge < -0.3 is 11.1 Å². The lowest BCUT2D eigenvalue weighted by atomic mass is 10.1. The highest BCUT2D eigenvalue weighted by Gasteiger charge is 2.34. The maximum absolute atomic E-state index is 13.0. The van der Waals surface area contributed by atoms with Crippen molar-refractivity contribution >= 4 is 33.2 Å². The number of nitrogens with one attached hydrogen (secondary N) is 1. The lowest BCUT2D eigenvalue weighted by molar-refractivity contribution is -0.136. The van der Waals surface area contributed by atoms with Crippen molar-refractivity contribution in [2.45, 2.75) is 6.18 Å². The summed E-state index contributed by atoms with van der Waals surface area (Å²) in [5.41, 5.74) is 4.42. The molecule has 3 N–H and O–H groups in total. The Morgan fingerprint density at radius 3 is 2.62 bits per heavy atom. The molecule has 0 bridgehead atoms. The van der Waals surface area contributed by atoms with E-state index in [-0.39, 0.29) is 21.4 Å². The minimum absolute atomic E-state index is 0.0565. The van der Waals surface area contributed by atoms with Crippen molar-refractivity contribution in [1.82, 2.24) is 4.98 Å². The predicted octanol–water partition coefficient (Wildman–Crippen LogP) is 3.70. The third kappa shape index (κ3) is 3.52. The molecular formula is C13H9BrF3N3O. The Bertz CT molecular complexity index is 689. The van der Waals surface area contributed by atoms with E-state index in [4.69, 9.17) is 5.73 Å². The molecule has 0 fully saturated rings. The smallest absolute Gasteiger partial charge is 0.397 e. The van der Waals surface area contributed by atoms with Gasteiger partial charge in [-0.15, -0.1) is 0 Å². The van der Waals surface area contributed by atoms with Crippen LogP contribution in [-0.4, -0.2) is 10.9 Å². The molecule has 1 aromatic heterocycles. The average molecular weight is 360 g/mol. The fourth-order valence-electron chi connectivity index (χ4n) is 1.66. The highest BCUT2D eigenvalue weighted by atomic mass is 79.9. The predicted molar refractivity (Wildman–Crippen MR) is 75.7 cm³/mol. The molecule has 4 nitrogen and oxygen atoms in total. The van der Waals surface area contributed by atoms with Gasteiger partial charge in [-0.1, -0.05) is 15.9 Å². The fourth-order valence-corrected chi connectivity index (χ4v) is 2.02. The number of hydrogen-bond donors (Lipinski definition) is 2. The molecule has 1 heterocycles. The van der Waals surface area contributed by atoms with Gasteiger partial charge in [0.05, 0.1) is 28.7 Å². The first-order chi connectivity index (χ1) is 9.79. The normalized spacial score (nSPS) is 11.2. The third-order valence-electron chi connectivity index (χ3n) is 2.63. The zero-order chi connectivity index (χ0) is 15.6. The molecule has 0 saturated heterocycles. The fraction of sp³-hybridized carbons (Fsp3) is 0.0769. The van der Waals surface area contributed by atoms with Gasteiger partial charge in [0.1, 0.15) is 0 Å². The average Bonchev–Trinajstić information content (AvgIpc) is 2.40. The summed E-state index contributed by atoms with van der Waals surface area (Å²) in [6.07, 6.45) is -2.01.